The predicted octanol–water partition coefficient (Wildman–Crippen LogP) is 6.85. The van der Waals surface area contributed by atoms with Gasteiger partial charge in [0.15, 0.2) is 0 Å². The van der Waals surface area contributed by atoms with E-state index in [-0.39, 0.29) is 6.92 Å². The molecule has 3 nitrogen and oxygen atoms in total. The smallest absolute Gasteiger partial charge is 0.294 e. The molecule has 0 fully saturated rings. The highest BCUT2D eigenvalue weighted by Gasteiger charge is 2.16. The summed E-state index contributed by atoms with van der Waals surface area (Å²) < 4.78 is 17.0. The highest BCUT2D eigenvalue weighted by atomic mass is 16.5. The van der Waals surface area contributed by atoms with E-state index in [4.69, 9.17) is 14.1 Å². The summed E-state index contributed by atoms with van der Waals surface area (Å²) in [6.07, 6.45) is 3.93. The van der Waals surface area contributed by atoms with Crippen molar-refractivity contribution in [3.05, 3.63) is 108 Å². The third-order valence-corrected chi connectivity index (χ3v) is 6.13. The van der Waals surface area contributed by atoms with Crippen LogP contribution in [0.25, 0.3) is 10.8 Å². The summed E-state index contributed by atoms with van der Waals surface area (Å²) in [6.45, 7) is 0.807. The number of rotatable bonds is 11. The zero-order valence-corrected chi connectivity index (χ0v) is 19.5. The lowest BCUT2D eigenvalue weighted by Crippen LogP contribution is -2.19. The van der Waals surface area contributed by atoms with E-state index in [0.29, 0.717) is 6.61 Å². The van der Waals surface area contributed by atoms with Crippen LogP contribution in [-0.4, -0.2) is 21.1 Å². The van der Waals surface area contributed by atoms with Crippen LogP contribution in [0.4, 0.5) is 0 Å². The molecule has 0 aromatic heterocycles. The van der Waals surface area contributed by atoms with Gasteiger partial charge < -0.3 is 14.1 Å². The highest BCUT2D eigenvalue weighted by molar-refractivity contribution is 6.51. The van der Waals surface area contributed by atoms with Gasteiger partial charge in [-0.3, -0.25) is 0 Å². The van der Waals surface area contributed by atoms with Crippen LogP contribution in [0.15, 0.2) is 91.0 Å². The molecule has 0 heterocycles. The van der Waals surface area contributed by atoms with Crippen molar-refractivity contribution in [3.63, 3.8) is 0 Å². The molecule has 168 valence electrons. The summed E-state index contributed by atoms with van der Waals surface area (Å²) in [4.78, 5) is 0. The summed E-state index contributed by atoms with van der Waals surface area (Å²) >= 11 is 0. The van der Waals surface area contributed by atoms with Crippen LogP contribution < -0.4 is 9.47 Å². The van der Waals surface area contributed by atoms with Crippen molar-refractivity contribution >= 4 is 17.7 Å². The molecule has 0 saturated heterocycles. The van der Waals surface area contributed by atoms with Crippen LogP contribution in [0.5, 0.6) is 11.5 Å². The first kappa shape index (κ1) is 22.9. The van der Waals surface area contributed by atoms with E-state index in [2.05, 4.69) is 66.7 Å². The maximum Gasteiger partial charge on any atom is 0.294 e. The number of benzene rings is 4. The van der Waals surface area contributed by atoms with Crippen LogP contribution >= 0.6 is 0 Å². The minimum Gasteiger partial charge on any atom is -0.497 e. The van der Waals surface area contributed by atoms with Crippen LogP contribution in [-0.2, 0) is 24.1 Å². The Bertz CT molecular complexity index is 1090. The Morgan fingerprint density at radius 2 is 1.09 bits per heavy atom. The minimum atomic E-state index is 0.181. The van der Waals surface area contributed by atoms with Crippen LogP contribution in [0.3, 0.4) is 0 Å². The standard InChI is InChI=1S/C29H31BO3/c1-31-28-13-8-23(9-14-28)17-19-30(20-18-24-10-15-29(32-2)16-11-24)33-22-25-7-12-26-5-3-4-6-27(26)21-25/h3-16,21H,17-20,22H2,1-2H3. The quantitative estimate of drug-likeness (QED) is 0.240. The highest BCUT2D eigenvalue weighted by Crippen LogP contribution is 2.20. The molecule has 0 N–H and O–H groups in total. The van der Waals surface area contributed by atoms with Crippen molar-refractivity contribution in [2.24, 2.45) is 0 Å². The van der Waals surface area contributed by atoms with E-state index < -0.39 is 0 Å². The summed E-state index contributed by atoms with van der Waals surface area (Å²) in [5, 5.41) is 2.52. The zero-order chi connectivity index (χ0) is 22.9. The van der Waals surface area contributed by atoms with E-state index in [9.17, 15) is 0 Å². The number of hydrogen-bond donors (Lipinski definition) is 0. The van der Waals surface area contributed by atoms with Crippen LogP contribution in [0.1, 0.15) is 16.7 Å². The molecule has 0 saturated carbocycles. The van der Waals surface area contributed by atoms with Crippen molar-refractivity contribution in [3.8, 4) is 11.5 Å². The Morgan fingerprint density at radius 3 is 1.64 bits per heavy atom. The number of fused-ring (bicyclic) bond motifs is 1. The Labute approximate surface area is 197 Å². The average molecular weight is 438 g/mol. The molecule has 0 aliphatic carbocycles. The molecule has 0 unspecified atom stereocenters. The number of ether oxygens (including phenoxy) is 2. The van der Waals surface area contributed by atoms with Crippen molar-refractivity contribution in [2.75, 3.05) is 14.2 Å². The third-order valence-electron chi connectivity index (χ3n) is 6.13. The molecule has 0 aliphatic rings. The van der Waals surface area contributed by atoms with E-state index >= 15 is 0 Å². The third kappa shape index (κ3) is 6.63. The van der Waals surface area contributed by atoms with Gasteiger partial charge in [0.1, 0.15) is 11.5 Å². The second kappa shape index (κ2) is 11.6. The summed E-state index contributed by atoms with van der Waals surface area (Å²) in [5.74, 6) is 1.78. The molecule has 0 radical (unpaired) electrons. The van der Waals surface area contributed by atoms with Gasteiger partial charge in [-0.2, -0.15) is 0 Å². The molecule has 0 atom stereocenters. The van der Waals surface area contributed by atoms with Gasteiger partial charge >= 0.3 is 0 Å². The molecular formula is C29H31BO3. The van der Waals surface area contributed by atoms with Gasteiger partial charge in [-0.25, -0.2) is 0 Å². The van der Waals surface area contributed by atoms with Crippen molar-refractivity contribution in [2.45, 2.75) is 32.1 Å². The average Bonchev–Trinajstić information content (AvgIpc) is 2.88. The van der Waals surface area contributed by atoms with Gasteiger partial charge in [-0.1, -0.05) is 60.7 Å². The van der Waals surface area contributed by atoms with Gasteiger partial charge in [-0.05, 0) is 83.3 Å². The van der Waals surface area contributed by atoms with Crippen molar-refractivity contribution < 1.29 is 14.1 Å². The summed E-state index contributed by atoms with van der Waals surface area (Å²) in [5.41, 5.74) is 3.83. The minimum absolute atomic E-state index is 0.181. The first-order chi connectivity index (χ1) is 16.2. The molecule has 0 aliphatic heterocycles. The lowest BCUT2D eigenvalue weighted by molar-refractivity contribution is 0.306. The summed E-state index contributed by atoms with van der Waals surface area (Å²) in [7, 11) is 3.40. The Hall–Kier alpha value is -3.24. The Balaban J connectivity index is 1.40. The topological polar surface area (TPSA) is 27.7 Å². The molecule has 4 aromatic carbocycles. The van der Waals surface area contributed by atoms with Crippen LogP contribution in [0, 0.1) is 0 Å². The van der Waals surface area contributed by atoms with Gasteiger partial charge in [0.2, 0.25) is 0 Å². The maximum absolute atomic E-state index is 6.46. The monoisotopic (exact) mass is 438 g/mol. The van der Waals surface area contributed by atoms with Crippen molar-refractivity contribution in [1.29, 1.82) is 0 Å². The molecule has 4 heteroatoms. The first-order valence-corrected chi connectivity index (χ1v) is 11.6. The van der Waals surface area contributed by atoms with Crippen molar-refractivity contribution in [1.82, 2.24) is 0 Å². The molecule has 0 amide bonds. The van der Waals surface area contributed by atoms with E-state index in [0.717, 1.165) is 37.0 Å². The lowest BCUT2D eigenvalue weighted by Gasteiger charge is -2.16. The fraction of sp³-hybridized carbons (Fsp3) is 0.241. The molecule has 0 bridgehead atoms. The van der Waals surface area contributed by atoms with E-state index in [1.54, 1.807) is 14.2 Å². The molecule has 0 spiro atoms. The van der Waals surface area contributed by atoms with Gasteiger partial charge in [0.05, 0.1) is 20.8 Å². The van der Waals surface area contributed by atoms with E-state index in [1.165, 1.54) is 27.5 Å². The molecular weight excluding hydrogens is 407 g/mol. The fourth-order valence-corrected chi connectivity index (χ4v) is 4.09. The molecule has 33 heavy (non-hydrogen) atoms. The maximum atomic E-state index is 6.46. The van der Waals surface area contributed by atoms with Gasteiger partial charge in [0, 0.05) is 0 Å². The molecule has 4 rings (SSSR count). The van der Waals surface area contributed by atoms with Gasteiger partial charge in [-0.15, -0.1) is 0 Å². The largest absolute Gasteiger partial charge is 0.497 e. The number of aryl methyl sites for hydroxylation is 2. The summed E-state index contributed by atoms with van der Waals surface area (Å²) in [6, 6.07) is 31.7. The normalized spacial score (nSPS) is 10.8. The Morgan fingerprint density at radius 1 is 0.576 bits per heavy atom. The Kier molecular flexibility index (Phi) is 8.05. The SMILES string of the molecule is COc1ccc(CCB(CCc2ccc(OC)cc2)OCc2ccc3ccccc3c2)cc1. The van der Waals surface area contributed by atoms with E-state index in [1.807, 2.05) is 24.3 Å². The lowest BCUT2D eigenvalue weighted by atomic mass is 9.58. The number of hydrogen-bond acceptors (Lipinski definition) is 3. The van der Waals surface area contributed by atoms with Crippen LogP contribution in [0.2, 0.25) is 12.6 Å². The molecule has 4 aromatic rings. The second-order valence-corrected chi connectivity index (χ2v) is 8.39. The first-order valence-electron chi connectivity index (χ1n) is 11.6. The second-order valence-electron chi connectivity index (χ2n) is 8.39. The fourth-order valence-electron chi connectivity index (χ4n) is 4.09. The zero-order valence-electron chi connectivity index (χ0n) is 19.5. The predicted molar refractivity (Wildman–Crippen MR) is 138 cm³/mol. The number of methoxy groups -OCH3 is 2. The van der Waals surface area contributed by atoms with Gasteiger partial charge in [0.25, 0.3) is 6.92 Å².